The lowest BCUT2D eigenvalue weighted by atomic mass is 10.2. The summed E-state index contributed by atoms with van der Waals surface area (Å²) in [5.41, 5.74) is 15.2. The summed E-state index contributed by atoms with van der Waals surface area (Å²) in [4.78, 5) is 12.8. The number of nitrogens with two attached hydrogens (primary N) is 1. The molecule has 0 radical (unpaired) electrons. The smallest absolute Gasteiger partial charge is 0.349 e. The van der Waals surface area contributed by atoms with Gasteiger partial charge < -0.3 is 10.8 Å². The Morgan fingerprint density at radius 2 is 2.50 bits per heavy atom. The van der Waals surface area contributed by atoms with Gasteiger partial charge in [0.15, 0.2) is 6.04 Å². The maximum Gasteiger partial charge on any atom is 0.349 e. The lowest BCUT2D eigenvalue weighted by Crippen LogP contribution is -2.33. The molecule has 0 fully saturated rings. The molecule has 0 unspecified atom stereocenters. The molecule has 0 aliphatic heterocycles. The lowest BCUT2D eigenvalue weighted by Gasteiger charge is -2.05. The van der Waals surface area contributed by atoms with E-state index in [1.165, 1.54) is 0 Å². The molecule has 0 aromatic heterocycles. The largest absolute Gasteiger partial charge is 0.478 e. The van der Waals surface area contributed by atoms with Crippen LogP contribution in [0.3, 0.4) is 0 Å². The van der Waals surface area contributed by atoms with E-state index in [2.05, 4.69) is 15.6 Å². The predicted octanol–water partition coefficient (Wildman–Crippen LogP) is -0.00660. The van der Waals surface area contributed by atoms with E-state index in [1.807, 2.05) is 0 Å². The van der Waals surface area contributed by atoms with Gasteiger partial charge in [0.05, 0.1) is 0 Å². The molecule has 0 rings (SSSR count). The topological polar surface area (TPSA) is 124 Å². The van der Waals surface area contributed by atoms with Crippen LogP contribution >= 0.6 is 0 Å². The summed E-state index contributed by atoms with van der Waals surface area (Å²) >= 11 is 0. The van der Waals surface area contributed by atoms with Crippen LogP contribution in [0.15, 0.2) is 5.22 Å². The van der Waals surface area contributed by atoms with Crippen molar-refractivity contribution in [1.82, 2.24) is 5.43 Å². The molecule has 0 aromatic rings. The minimum absolute atomic E-state index is 0.352. The Kier molecular flexibility index (Phi) is 5.50. The van der Waals surface area contributed by atoms with Crippen LogP contribution in [0.2, 0.25) is 0 Å². The normalized spacial score (nSPS) is 11.4. The Bertz CT molecular complexity index is 188. The van der Waals surface area contributed by atoms with Crippen molar-refractivity contribution in [1.29, 1.82) is 0 Å². The van der Waals surface area contributed by atoms with Gasteiger partial charge in [-0.1, -0.05) is 0 Å². The number of nitrogens with one attached hydrogen (secondary N) is 1. The van der Waals surface area contributed by atoms with Crippen molar-refractivity contribution in [3.63, 3.8) is 0 Å². The molecule has 0 saturated heterocycles. The molecular formula is C5H11N5O2. The average Bonchev–Trinajstić information content (AvgIpc) is 2.04. The summed E-state index contributed by atoms with van der Waals surface area (Å²) in [6.45, 7) is 0.418. The van der Waals surface area contributed by atoms with Gasteiger partial charge in [0.1, 0.15) is 0 Å². The molecule has 0 spiro atoms. The Labute approximate surface area is 69.1 Å². The number of aliphatic carboxylic acids is 1. The first-order chi connectivity index (χ1) is 5.72. The summed E-state index contributed by atoms with van der Waals surface area (Å²) < 4.78 is 0. The zero-order chi connectivity index (χ0) is 9.40. The minimum Gasteiger partial charge on any atom is -0.478 e. The van der Waals surface area contributed by atoms with Gasteiger partial charge in [-0.3, -0.25) is 0 Å². The number of hydrogen-bond donors (Lipinski definition) is 3. The standard InChI is InChI=1S/C5H11N5O2/c6-3-1-2-4(5(11)12)8-10-9-7/h4,8H,1-3,6H2,(H,11,12)/t4-/m0/s1. The molecule has 0 aliphatic rings. The molecule has 0 amide bonds. The van der Waals surface area contributed by atoms with E-state index < -0.39 is 12.0 Å². The van der Waals surface area contributed by atoms with Crippen molar-refractivity contribution < 1.29 is 9.90 Å². The Balaban J connectivity index is 3.86. The van der Waals surface area contributed by atoms with Gasteiger partial charge in [0.2, 0.25) is 0 Å². The van der Waals surface area contributed by atoms with E-state index in [0.717, 1.165) is 0 Å². The van der Waals surface area contributed by atoms with E-state index in [4.69, 9.17) is 16.4 Å². The number of rotatable bonds is 6. The predicted molar refractivity (Wildman–Crippen MR) is 42.0 cm³/mol. The molecule has 1 atom stereocenters. The highest BCUT2D eigenvalue weighted by molar-refractivity contribution is 5.73. The van der Waals surface area contributed by atoms with E-state index in [9.17, 15) is 4.79 Å². The van der Waals surface area contributed by atoms with Crippen LogP contribution in [-0.4, -0.2) is 23.7 Å². The molecule has 7 nitrogen and oxygen atoms in total. The van der Waals surface area contributed by atoms with Gasteiger partial charge in [0, 0.05) is 6.42 Å². The van der Waals surface area contributed by atoms with E-state index in [1.54, 1.807) is 0 Å². The minimum atomic E-state index is -1.05. The molecule has 0 aliphatic carbocycles. The molecule has 0 bridgehead atoms. The molecule has 0 saturated carbocycles. The van der Waals surface area contributed by atoms with Gasteiger partial charge >= 0.3 is 5.97 Å². The number of carboxylic acid groups (broad SMARTS) is 1. The van der Waals surface area contributed by atoms with Crippen LogP contribution < -0.4 is 11.2 Å². The first kappa shape index (κ1) is 10.5. The van der Waals surface area contributed by atoms with Crippen molar-refractivity contribution in [2.75, 3.05) is 6.54 Å². The molecule has 68 valence electrons. The van der Waals surface area contributed by atoms with Crippen LogP contribution in [0.4, 0.5) is 0 Å². The first-order valence-electron chi connectivity index (χ1n) is 3.45. The van der Waals surface area contributed by atoms with Crippen LogP contribution in [0, 0.1) is 0 Å². The summed E-state index contributed by atoms with van der Waals surface area (Å²) in [6.07, 6.45) is 0.926. The Hall–Kier alpha value is -1.46. The SMILES string of the molecule is [N-]=[N+]=NN[C@@H](CCCN)C(=O)O. The van der Waals surface area contributed by atoms with Gasteiger partial charge in [-0.15, -0.1) is 5.53 Å². The van der Waals surface area contributed by atoms with Crippen LogP contribution in [0.1, 0.15) is 12.8 Å². The molecule has 0 aromatic carbocycles. The van der Waals surface area contributed by atoms with Gasteiger partial charge in [-0.2, -0.15) is 4.91 Å². The highest BCUT2D eigenvalue weighted by Crippen LogP contribution is 1.95. The monoisotopic (exact) mass is 173 g/mol. The Morgan fingerprint density at radius 1 is 1.83 bits per heavy atom. The second-order valence-corrected chi connectivity index (χ2v) is 2.14. The summed E-state index contributed by atoms with van der Waals surface area (Å²) in [7, 11) is 0. The Morgan fingerprint density at radius 3 is 2.92 bits per heavy atom. The third kappa shape index (κ3) is 4.37. The number of carboxylic acids is 1. The van der Waals surface area contributed by atoms with Gasteiger partial charge in [-0.05, 0) is 18.2 Å². The zero-order valence-electron chi connectivity index (χ0n) is 6.47. The quantitative estimate of drug-likeness (QED) is 0.226. The molecule has 12 heavy (non-hydrogen) atoms. The molecular weight excluding hydrogens is 162 g/mol. The lowest BCUT2D eigenvalue weighted by molar-refractivity contribution is -0.139. The third-order valence-corrected chi connectivity index (χ3v) is 1.25. The van der Waals surface area contributed by atoms with Crippen LogP contribution in [-0.2, 0) is 4.79 Å². The maximum atomic E-state index is 10.4. The highest BCUT2D eigenvalue weighted by Gasteiger charge is 2.17. The maximum absolute atomic E-state index is 10.4. The summed E-state index contributed by atoms with van der Waals surface area (Å²) in [6, 6.07) is -0.843. The fourth-order valence-corrected chi connectivity index (χ4v) is 0.661. The number of hydrogen-bond acceptors (Lipinski definition) is 3. The van der Waals surface area contributed by atoms with Crippen molar-refractivity contribution >= 4 is 5.97 Å². The van der Waals surface area contributed by atoms with E-state index in [-0.39, 0.29) is 0 Å². The van der Waals surface area contributed by atoms with Crippen molar-refractivity contribution in [3.8, 4) is 0 Å². The van der Waals surface area contributed by atoms with E-state index in [0.29, 0.717) is 19.4 Å². The van der Waals surface area contributed by atoms with E-state index >= 15 is 0 Å². The highest BCUT2D eigenvalue weighted by atomic mass is 16.4. The fraction of sp³-hybridized carbons (Fsp3) is 0.800. The molecule has 4 N–H and O–H groups in total. The first-order valence-corrected chi connectivity index (χ1v) is 3.45. The van der Waals surface area contributed by atoms with Crippen molar-refractivity contribution in [2.24, 2.45) is 11.0 Å². The molecule has 7 heteroatoms. The van der Waals surface area contributed by atoms with Gasteiger partial charge in [-0.25, -0.2) is 10.2 Å². The summed E-state index contributed by atoms with van der Waals surface area (Å²) in [5, 5.41) is 11.5. The van der Waals surface area contributed by atoms with Crippen molar-refractivity contribution in [3.05, 3.63) is 10.4 Å². The number of azide groups is 1. The second-order valence-electron chi connectivity index (χ2n) is 2.14. The van der Waals surface area contributed by atoms with Gasteiger partial charge in [0.25, 0.3) is 0 Å². The molecule has 0 heterocycles. The number of nitrogens with zero attached hydrogens (tertiary/aromatic N) is 3. The van der Waals surface area contributed by atoms with Crippen molar-refractivity contribution in [2.45, 2.75) is 18.9 Å². The fourth-order valence-electron chi connectivity index (χ4n) is 0.661. The van der Waals surface area contributed by atoms with Crippen LogP contribution in [0.25, 0.3) is 10.4 Å². The average molecular weight is 173 g/mol. The third-order valence-electron chi connectivity index (χ3n) is 1.25. The zero-order valence-corrected chi connectivity index (χ0v) is 6.47. The second kappa shape index (κ2) is 6.26. The summed E-state index contributed by atoms with van der Waals surface area (Å²) in [5.74, 6) is -1.05. The van der Waals surface area contributed by atoms with Crippen LogP contribution in [0.5, 0.6) is 0 Å². The number of carbonyl (C=O) groups is 1.